The van der Waals surface area contributed by atoms with Crippen molar-refractivity contribution in [3.63, 3.8) is 0 Å². The second-order valence-corrected chi connectivity index (χ2v) is 6.37. The van der Waals surface area contributed by atoms with E-state index in [0.29, 0.717) is 30.6 Å². The van der Waals surface area contributed by atoms with E-state index < -0.39 is 0 Å². The minimum Gasteiger partial charge on any atom is -0.347 e. The molecule has 0 amide bonds. The van der Waals surface area contributed by atoms with Gasteiger partial charge in [-0.05, 0) is 32.0 Å². The standard InChI is InChI=1S/C20H21N7O/c1-4-18-24-17(26-28-18)12-22-20-21-11-10-16(23-20)19-13(2)25-27(14(19)3)15-8-6-5-7-9-15/h5-11H,4,12H2,1-3H3,(H,21,22,23). The zero-order valence-electron chi connectivity index (χ0n) is 16.0. The van der Waals surface area contributed by atoms with E-state index in [1.54, 1.807) is 6.20 Å². The van der Waals surface area contributed by atoms with E-state index in [9.17, 15) is 0 Å². The van der Waals surface area contributed by atoms with Crippen LogP contribution in [-0.2, 0) is 13.0 Å². The van der Waals surface area contributed by atoms with Gasteiger partial charge in [0.2, 0.25) is 11.8 Å². The minimum absolute atomic E-state index is 0.397. The summed E-state index contributed by atoms with van der Waals surface area (Å²) in [5.41, 5.74) is 4.78. The first-order valence-corrected chi connectivity index (χ1v) is 9.16. The van der Waals surface area contributed by atoms with E-state index in [2.05, 4.69) is 25.4 Å². The quantitative estimate of drug-likeness (QED) is 0.551. The van der Waals surface area contributed by atoms with Gasteiger partial charge in [0.15, 0.2) is 5.82 Å². The summed E-state index contributed by atoms with van der Waals surface area (Å²) in [7, 11) is 0. The van der Waals surface area contributed by atoms with Crippen molar-refractivity contribution in [2.45, 2.75) is 33.7 Å². The number of aryl methyl sites for hydroxylation is 2. The average molecular weight is 375 g/mol. The number of para-hydroxylation sites is 1. The Morgan fingerprint density at radius 3 is 2.64 bits per heavy atom. The summed E-state index contributed by atoms with van der Waals surface area (Å²) >= 11 is 0. The molecule has 0 bridgehead atoms. The van der Waals surface area contributed by atoms with Crippen molar-refractivity contribution in [2.24, 2.45) is 0 Å². The number of benzene rings is 1. The van der Waals surface area contributed by atoms with Gasteiger partial charge in [-0.2, -0.15) is 10.1 Å². The molecule has 0 atom stereocenters. The van der Waals surface area contributed by atoms with Gasteiger partial charge in [0.25, 0.3) is 0 Å². The Morgan fingerprint density at radius 2 is 1.89 bits per heavy atom. The first-order valence-electron chi connectivity index (χ1n) is 9.16. The third-order valence-corrected chi connectivity index (χ3v) is 4.42. The van der Waals surface area contributed by atoms with Crippen LogP contribution in [0, 0.1) is 13.8 Å². The van der Waals surface area contributed by atoms with Crippen LogP contribution < -0.4 is 5.32 Å². The molecule has 4 rings (SSSR count). The number of hydrogen-bond acceptors (Lipinski definition) is 7. The van der Waals surface area contributed by atoms with Crippen molar-refractivity contribution in [3.05, 3.63) is 65.7 Å². The third-order valence-electron chi connectivity index (χ3n) is 4.42. The molecule has 0 aliphatic rings. The highest BCUT2D eigenvalue weighted by Crippen LogP contribution is 2.27. The van der Waals surface area contributed by atoms with E-state index in [4.69, 9.17) is 9.62 Å². The molecule has 0 unspecified atom stereocenters. The van der Waals surface area contributed by atoms with Crippen LogP contribution in [0.2, 0.25) is 0 Å². The normalized spacial score (nSPS) is 11.0. The summed E-state index contributed by atoms with van der Waals surface area (Å²) in [4.78, 5) is 13.2. The molecule has 0 spiro atoms. The second-order valence-electron chi connectivity index (χ2n) is 6.37. The first kappa shape index (κ1) is 17.8. The molecule has 3 heterocycles. The smallest absolute Gasteiger partial charge is 0.226 e. The van der Waals surface area contributed by atoms with Gasteiger partial charge in [-0.25, -0.2) is 14.6 Å². The molecule has 0 fully saturated rings. The number of anilines is 1. The Hall–Kier alpha value is -3.55. The lowest BCUT2D eigenvalue weighted by atomic mass is 10.1. The Kier molecular flexibility index (Phi) is 4.84. The Morgan fingerprint density at radius 1 is 1.07 bits per heavy atom. The second kappa shape index (κ2) is 7.59. The van der Waals surface area contributed by atoms with Gasteiger partial charge in [-0.15, -0.1) is 0 Å². The summed E-state index contributed by atoms with van der Waals surface area (Å²) in [5, 5.41) is 11.8. The van der Waals surface area contributed by atoms with Gasteiger partial charge in [-0.1, -0.05) is 30.3 Å². The van der Waals surface area contributed by atoms with E-state index in [-0.39, 0.29) is 0 Å². The fourth-order valence-corrected chi connectivity index (χ4v) is 3.08. The first-order chi connectivity index (χ1) is 13.7. The summed E-state index contributed by atoms with van der Waals surface area (Å²) in [6.07, 6.45) is 2.44. The van der Waals surface area contributed by atoms with Crippen LogP contribution in [0.5, 0.6) is 0 Å². The molecule has 3 aromatic heterocycles. The van der Waals surface area contributed by atoms with E-state index in [1.165, 1.54) is 0 Å². The lowest BCUT2D eigenvalue weighted by Gasteiger charge is -2.07. The highest BCUT2D eigenvalue weighted by molar-refractivity contribution is 5.66. The van der Waals surface area contributed by atoms with Gasteiger partial charge in [-0.3, -0.25) is 0 Å². The van der Waals surface area contributed by atoms with Crippen molar-refractivity contribution in [3.8, 4) is 16.9 Å². The molecule has 8 nitrogen and oxygen atoms in total. The Labute approximate surface area is 162 Å². The molecular formula is C20H21N7O. The topological polar surface area (TPSA) is 94.6 Å². The Bertz CT molecular complexity index is 1090. The molecule has 0 aliphatic heterocycles. The molecule has 28 heavy (non-hydrogen) atoms. The fourth-order valence-electron chi connectivity index (χ4n) is 3.08. The van der Waals surface area contributed by atoms with Crippen LogP contribution in [0.4, 0.5) is 5.95 Å². The van der Waals surface area contributed by atoms with Crippen molar-refractivity contribution in [1.82, 2.24) is 29.9 Å². The highest BCUT2D eigenvalue weighted by atomic mass is 16.5. The van der Waals surface area contributed by atoms with Gasteiger partial charge in [0.05, 0.1) is 29.3 Å². The molecular weight excluding hydrogens is 354 g/mol. The number of hydrogen-bond donors (Lipinski definition) is 1. The van der Waals surface area contributed by atoms with Crippen LogP contribution in [-0.4, -0.2) is 29.9 Å². The zero-order valence-corrected chi connectivity index (χ0v) is 16.0. The molecule has 142 valence electrons. The maximum absolute atomic E-state index is 5.12. The van der Waals surface area contributed by atoms with Crippen molar-refractivity contribution >= 4 is 5.95 Å². The molecule has 0 radical (unpaired) electrons. The van der Waals surface area contributed by atoms with Gasteiger partial charge in [0, 0.05) is 18.2 Å². The fraction of sp³-hybridized carbons (Fsp3) is 0.250. The maximum atomic E-state index is 5.12. The van der Waals surface area contributed by atoms with Gasteiger partial charge in [0.1, 0.15) is 0 Å². The SMILES string of the molecule is CCc1nc(CNc2nccc(-c3c(C)nn(-c4ccccc4)c3C)n2)no1. The summed E-state index contributed by atoms with van der Waals surface area (Å²) in [6, 6.07) is 11.9. The van der Waals surface area contributed by atoms with E-state index >= 15 is 0 Å². The molecule has 4 aromatic rings. The molecule has 1 N–H and O–H groups in total. The monoisotopic (exact) mass is 375 g/mol. The number of nitrogens with one attached hydrogen (secondary N) is 1. The lowest BCUT2D eigenvalue weighted by molar-refractivity contribution is 0.377. The van der Waals surface area contributed by atoms with Crippen LogP contribution in [0.3, 0.4) is 0 Å². The predicted octanol–water partition coefficient (Wildman–Crippen LogP) is 3.50. The van der Waals surface area contributed by atoms with E-state index in [1.807, 2.05) is 61.9 Å². The number of aromatic nitrogens is 6. The molecule has 1 aromatic carbocycles. The van der Waals surface area contributed by atoms with Gasteiger partial charge >= 0.3 is 0 Å². The zero-order chi connectivity index (χ0) is 19.5. The maximum Gasteiger partial charge on any atom is 0.226 e. The minimum atomic E-state index is 0.397. The molecule has 8 heteroatoms. The van der Waals surface area contributed by atoms with Crippen LogP contribution in [0.15, 0.2) is 47.1 Å². The summed E-state index contributed by atoms with van der Waals surface area (Å²) in [6.45, 7) is 6.40. The van der Waals surface area contributed by atoms with Gasteiger partial charge < -0.3 is 9.84 Å². The lowest BCUT2D eigenvalue weighted by Crippen LogP contribution is -2.05. The number of nitrogens with zero attached hydrogens (tertiary/aromatic N) is 6. The third kappa shape index (κ3) is 3.48. The largest absolute Gasteiger partial charge is 0.347 e. The van der Waals surface area contributed by atoms with Crippen LogP contribution in [0.25, 0.3) is 16.9 Å². The molecule has 0 saturated carbocycles. The molecule has 0 saturated heterocycles. The van der Waals surface area contributed by atoms with E-state index in [0.717, 1.165) is 28.3 Å². The number of rotatable bonds is 6. The van der Waals surface area contributed by atoms with Crippen LogP contribution in [0.1, 0.15) is 30.0 Å². The summed E-state index contributed by atoms with van der Waals surface area (Å²) in [5.74, 6) is 1.70. The summed E-state index contributed by atoms with van der Waals surface area (Å²) < 4.78 is 7.05. The van der Waals surface area contributed by atoms with Crippen molar-refractivity contribution < 1.29 is 4.52 Å². The molecule has 0 aliphatic carbocycles. The predicted molar refractivity (Wildman–Crippen MR) is 105 cm³/mol. The van der Waals surface area contributed by atoms with Crippen molar-refractivity contribution in [2.75, 3.05) is 5.32 Å². The Balaban J connectivity index is 1.60. The average Bonchev–Trinajstić information content (AvgIpc) is 3.31. The van der Waals surface area contributed by atoms with Crippen LogP contribution >= 0.6 is 0 Å². The highest BCUT2D eigenvalue weighted by Gasteiger charge is 2.16. The van der Waals surface area contributed by atoms with Crippen molar-refractivity contribution in [1.29, 1.82) is 0 Å².